The zero-order chi connectivity index (χ0) is 10.2. The van der Waals surface area contributed by atoms with Gasteiger partial charge in [0.15, 0.2) is 0 Å². The molecule has 1 unspecified atom stereocenters. The molecule has 14 heavy (non-hydrogen) atoms. The van der Waals surface area contributed by atoms with E-state index in [4.69, 9.17) is 0 Å². The summed E-state index contributed by atoms with van der Waals surface area (Å²) in [5, 5.41) is 3.45. The van der Waals surface area contributed by atoms with Gasteiger partial charge < -0.3 is 5.32 Å². The highest BCUT2D eigenvalue weighted by Crippen LogP contribution is 2.11. The van der Waals surface area contributed by atoms with Gasteiger partial charge in [-0.3, -0.25) is 4.90 Å². The number of piperidine rings is 1. The summed E-state index contributed by atoms with van der Waals surface area (Å²) < 4.78 is 0. The van der Waals surface area contributed by atoms with Crippen LogP contribution in [0.2, 0.25) is 0 Å². The van der Waals surface area contributed by atoms with E-state index in [2.05, 4.69) is 23.4 Å². The first kappa shape index (κ1) is 11.5. The van der Waals surface area contributed by atoms with Crippen molar-refractivity contribution in [1.82, 2.24) is 10.2 Å². The van der Waals surface area contributed by atoms with E-state index < -0.39 is 0 Å². The van der Waals surface area contributed by atoms with Gasteiger partial charge in [-0.15, -0.1) is 13.2 Å². The maximum Gasteiger partial charge on any atom is 0.0164 e. The summed E-state index contributed by atoms with van der Waals surface area (Å²) in [5.41, 5.74) is 0. The number of hydrogen-bond acceptors (Lipinski definition) is 2. The molecule has 0 aromatic rings. The zero-order valence-corrected chi connectivity index (χ0v) is 9.04. The molecule has 0 saturated carbocycles. The van der Waals surface area contributed by atoms with E-state index in [0.717, 1.165) is 19.0 Å². The third-order valence-corrected chi connectivity index (χ3v) is 2.69. The zero-order valence-electron chi connectivity index (χ0n) is 9.04. The summed E-state index contributed by atoms with van der Waals surface area (Å²) in [6.45, 7) is 13.1. The monoisotopic (exact) mass is 194 g/mol. The van der Waals surface area contributed by atoms with E-state index in [1.165, 1.54) is 32.5 Å². The lowest BCUT2D eigenvalue weighted by Gasteiger charge is -2.28. The van der Waals surface area contributed by atoms with E-state index in [-0.39, 0.29) is 0 Å². The molecule has 0 aromatic heterocycles. The Kier molecular flexibility index (Phi) is 5.57. The highest BCUT2D eigenvalue weighted by Gasteiger charge is 2.15. The van der Waals surface area contributed by atoms with Gasteiger partial charge in [0.05, 0.1) is 0 Å². The van der Waals surface area contributed by atoms with Crippen molar-refractivity contribution >= 4 is 0 Å². The van der Waals surface area contributed by atoms with Crippen LogP contribution in [-0.2, 0) is 0 Å². The van der Waals surface area contributed by atoms with Crippen LogP contribution in [0.25, 0.3) is 0 Å². The van der Waals surface area contributed by atoms with Crippen molar-refractivity contribution in [3.63, 3.8) is 0 Å². The second-order valence-electron chi connectivity index (χ2n) is 4.01. The quantitative estimate of drug-likeness (QED) is 0.647. The molecule has 0 aromatic carbocycles. The lowest BCUT2D eigenvalue weighted by atomic mass is 9.99. The van der Waals surface area contributed by atoms with E-state index in [1.807, 2.05) is 12.2 Å². The average molecular weight is 194 g/mol. The normalized spacial score (nSPS) is 22.2. The number of nitrogens with zero attached hydrogens (tertiary/aromatic N) is 1. The van der Waals surface area contributed by atoms with Gasteiger partial charge in [-0.05, 0) is 31.8 Å². The third-order valence-electron chi connectivity index (χ3n) is 2.69. The van der Waals surface area contributed by atoms with E-state index in [9.17, 15) is 0 Å². The van der Waals surface area contributed by atoms with Gasteiger partial charge in [0.2, 0.25) is 0 Å². The smallest absolute Gasteiger partial charge is 0.0164 e. The van der Waals surface area contributed by atoms with E-state index in [0.29, 0.717) is 0 Å². The van der Waals surface area contributed by atoms with Gasteiger partial charge in [0.1, 0.15) is 0 Å². The molecule has 0 spiro atoms. The molecule has 1 aliphatic heterocycles. The van der Waals surface area contributed by atoms with Gasteiger partial charge in [-0.1, -0.05) is 12.2 Å². The van der Waals surface area contributed by atoms with Crippen LogP contribution >= 0.6 is 0 Å². The van der Waals surface area contributed by atoms with Crippen molar-refractivity contribution in [2.75, 3.05) is 32.7 Å². The molecule has 1 aliphatic rings. The van der Waals surface area contributed by atoms with Crippen molar-refractivity contribution < 1.29 is 0 Å². The van der Waals surface area contributed by atoms with Crippen LogP contribution in [0.3, 0.4) is 0 Å². The van der Waals surface area contributed by atoms with Crippen LogP contribution in [0.5, 0.6) is 0 Å². The van der Waals surface area contributed by atoms with Gasteiger partial charge >= 0.3 is 0 Å². The van der Waals surface area contributed by atoms with E-state index >= 15 is 0 Å². The predicted molar refractivity (Wildman–Crippen MR) is 62.4 cm³/mol. The number of hydrogen-bond donors (Lipinski definition) is 1. The molecule has 0 amide bonds. The van der Waals surface area contributed by atoms with Crippen molar-refractivity contribution in [2.45, 2.75) is 12.8 Å². The maximum absolute atomic E-state index is 3.78. The molecule has 0 radical (unpaired) electrons. The Hall–Kier alpha value is -0.600. The van der Waals surface area contributed by atoms with Crippen molar-refractivity contribution in [1.29, 1.82) is 0 Å². The molecule has 1 N–H and O–H groups in total. The second kappa shape index (κ2) is 6.80. The molecule has 0 bridgehead atoms. The molecule has 2 heteroatoms. The summed E-state index contributed by atoms with van der Waals surface area (Å²) in [6, 6.07) is 0. The fourth-order valence-electron chi connectivity index (χ4n) is 2.03. The molecule has 1 fully saturated rings. The third kappa shape index (κ3) is 4.07. The Bertz CT molecular complexity index is 161. The Labute approximate surface area is 87.7 Å². The summed E-state index contributed by atoms with van der Waals surface area (Å²) in [5.74, 6) is 0.809. The lowest BCUT2D eigenvalue weighted by molar-refractivity contribution is 0.242. The van der Waals surface area contributed by atoms with Gasteiger partial charge in [0.25, 0.3) is 0 Å². The number of rotatable bonds is 6. The summed E-state index contributed by atoms with van der Waals surface area (Å²) in [7, 11) is 0. The maximum atomic E-state index is 3.78. The minimum absolute atomic E-state index is 0.809. The highest BCUT2D eigenvalue weighted by molar-refractivity contribution is 4.82. The van der Waals surface area contributed by atoms with Crippen LogP contribution in [-0.4, -0.2) is 37.6 Å². The Morgan fingerprint density at radius 1 is 1.29 bits per heavy atom. The molecular weight excluding hydrogens is 172 g/mol. The lowest BCUT2D eigenvalue weighted by Crippen LogP contribution is -2.38. The van der Waals surface area contributed by atoms with Gasteiger partial charge in [0, 0.05) is 19.6 Å². The average Bonchev–Trinajstić information content (AvgIpc) is 2.20. The molecule has 80 valence electrons. The summed E-state index contributed by atoms with van der Waals surface area (Å²) in [4.78, 5) is 2.40. The van der Waals surface area contributed by atoms with Crippen molar-refractivity contribution in [2.24, 2.45) is 5.92 Å². The van der Waals surface area contributed by atoms with Crippen LogP contribution in [0.1, 0.15) is 12.8 Å². The first-order valence-corrected chi connectivity index (χ1v) is 5.51. The van der Waals surface area contributed by atoms with Crippen molar-refractivity contribution in [3.05, 3.63) is 25.3 Å². The Morgan fingerprint density at radius 2 is 2.00 bits per heavy atom. The predicted octanol–water partition coefficient (Wildman–Crippen LogP) is 1.66. The largest absolute Gasteiger partial charge is 0.316 e. The van der Waals surface area contributed by atoms with Gasteiger partial charge in [-0.2, -0.15) is 0 Å². The molecule has 1 atom stereocenters. The van der Waals surface area contributed by atoms with Gasteiger partial charge in [-0.25, -0.2) is 0 Å². The number of nitrogens with one attached hydrogen (secondary N) is 1. The second-order valence-corrected chi connectivity index (χ2v) is 4.01. The van der Waals surface area contributed by atoms with Crippen LogP contribution < -0.4 is 5.32 Å². The fourth-order valence-corrected chi connectivity index (χ4v) is 2.03. The van der Waals surface area contributed by atoms with Crippen LogP contribution in [0.15, 0.2) is 25.3 Å². The molecule has 0 aliphatic carbocycles. The summed E-state index contributed by atoms with van der Waals surface area (Å²) >= 11 is 0. The van der Waals surface area contributed by atoms with Crippen LogP contribution in [0.4, 0.5) is 0 Å². The first-order chi connectivity index (χ1) is 6.86. The van der Waals surface area contributed by atoms with Crippen molar-refractivity contribution in [3.8, 4) is 0 Å². The van der Waals surface area contributed by atoms with Crippen LogP contribution in [0, 0.1) is 5.92 Å². The molecule has 1 rings (SSSR count). The molecular formula is C12H22N2. The topological polar surface area (TPSA) is 15.3 Å². The SMILES string of the molecule is C=CCN(CC=C)CC1CCCNC1. The Balaban J connectivity index is 2.28. The summed E-state index contributed by atoms with van der Waals surface area (Å²) in [6.07, 6.45) is 6.62. The Morgan fingerprint density at radius 3 is 2.50 bits per heavy atom. The molecule has 1 saturated heterocycles. The molecule has 1 heterocycles. The highest BCUT2D eigenvalue weighted by atomic mass is 15.1. The molecule has 2 nitrogen and oxygen atoms in total. The first-order valence-electron chi connectivity index (χ1n) is 5.51. The minimum Gasteiger partial charge on any atom is -0.316 e. The minimum atomic E-state index is 0.809. The fraction of sp³-hybridized carbons (Fsp3) is 0.667. The van der Waals surface area contributed by atoms with E-state index in [1.54, 1.807) is 0 Å². The standard InChI is InChI=1S/C12H22N2/c1-3-8-14(9-4-2)11-12-6-5-7-13-10-12/h3-4,12-13H,1-2,5-11H2.